The van der Waals surface area contributed by atoms with Crippen LogP contribution in [0.3, 0.4) is 0 Å². The van der Waals surface area contributed by atoms with Crippen LogP contribution in [0.25, 0.3) is 0 Å². The minimum Gasteiger partial charge on any atom is -0.409 e. The Morgan fingerprint density at radius 1 is 1.53 bits per heavy atom. The van der Waals surface area contributed by atoms with Crippen molar-refractivity contribution >= 4 is 40.7 Å². The molecule has 1 rings (SSSR count). The van der Waals surface area contributed by atoms with E-state index in [-0.39, 0.29) is 5.84 Å². The highest BCUT2D eigenvalue weighted by atomic mass is 32.2. The van der Waals surface area contributed by atoms with E-state index >= 15 is 0 Å². The highest BCUT2D eigenvalue weighted by molar-refractivity contribution is 8.02. The van der Waals surface area contributed by atoms with E-state index in [9.17, 15) is 0 Å². The molecule has 0 radical (unpaired) electrons. The molecule has 0 fully saturated rings. The summed E-state index contributed by atoms with van der Waals surface area (Å²) >= 11 is 4.84. The third-order valence-corrected chi connectivity index (χ3v) is 4.61. The summed E-state index contributed by atoms with van der Waals surface area (Å²) in [7, 11) is 0. The second-order valence-corrected chi connectivity index (χ2v) is 5.95. The van der Waals surface area contributed by atoms with Crippen molar-refractivity contribution in [1.29, 1.82) is 0 Å². The minimum atomic E-state index is 0.276. The van der Waals surface area contributed by atoms with Crippen molar-refractivity contribution in [1.82, 2.24) is 10.2 Å². The van der Waals surface area contributed by atoms with Crippen LogP contribution < -0.4 is 5.73 Å². The normalized spacial score (nSPS) is 11.9. The Kier molecular flexibility index (Phi) is 5.81. The number of aromatic nitrogens is 2. The quantitative estimate of drug-likeness (QED) is 0.204. The Hall–Kier alpha value is -0.470. The fourth-order valence-corrected chi connectivity index (χ4v) is 3.25. The molecule has 5 nitrogen and oxygen atoms in total. The van der Waals surface area contributed by atoms with Gasteiger partial charge in [0.25, 0.3) is 0 Å². The van der Waals surface area contributed by atoms with Crippen molar-refractivity contribution < 1.29 is 5.21 Å². The molecule has 0 saturated heterocycles. The van der Waals surface area contributed by atoms with Crippen LogP contribution >= 0.6 is 34.9 Å². The first-order chi connectivity index (χ1) is 7.26. The van der Waals surface area contributed by atoms with Crippen LogP contribution in [0.4, 0.5) is 0 Å². The monoisotopic (exact) mass is 264 g/mol. The first-order valence-corrected chi connectivity index (χ1v) is 7.25. The van der Waals surface area contributed by atoms with Gasteiger partial charge in [0.15, 0.2) is 8.68 Å². The lowest BCUT2D eigenvalue weighted by Gasteiger charge is -1.96. The number of oxime groups is 1. The van der Waals surface area contributed by atoms with Gasteiger partial charge in [-0.05, 0) is 12.7 Å². The zero-order valence-electron chi connectivity index (χ0n) is 8.21. The third kappa shape index (κ3) is 4.72. The van der Waals surface area contributed by atoms with Gasteiger partial charge in [-0.3, -0.25) is 0 Å². The van der Waals surface area contributed by atoms with E-state index in [0.717, 1.165) is 20.9 Å². The van der Waals surface area contributed by atoms with Crippen LogP contribution in [-0.2, 0) is 0 Å². The van der Waals surface area contributed by atoms with Crippen molar-refractivity contribution in [2.75, 3.05) is 12.0 Å². The second kappa shape index (κ2) is 6.91. The van der Waals surface area contributed by atoms with Crippen LogP contribution in [0.15, 0.2) is 13.8 Å². The molecule has 0 spiro atoms. The molecule has 3 N–H and O–H groups in total. The molecule has 1 aromatic rings. The average molecular weight is 264 g/mol. The lowest BCUT2D eigenvalue weighted by atomic mass is 10.3. The van der Waals surface area contributed by atoms with E-state index in [0.29, 0.717) is 6.42 Å². The number of amidine groups is 1. The number of nitrogens with two attached hydrogens (primary N) is 1. The Labute approximate surface area is 101 Å². The van der Waals surface area contributed by atoms with E-state index in [1.165, 1.54) is 0 Å². The predicted molar refractivity (Wildman–Crippen MR) is 65.1 cm³/mol. The molecule has 84 valence electrons. The van der Waals surface area contributed by atoms with Gasteiger partial charge in [0.05, 0.1) is 0 Å². The summed E-state index contributed by atoms with van der Waals surface area (Å²) in [6, 6.07) is 0. The molecule has 8 heteroatoms. The highest BCUT2D eigenvalue weighted by Crippen LogP contribution is 2.27. The van der Waals surface area contributed by atoms with Gasteiger partial charge in [0, 0.05) is 12.2 Å². The van der Waals surface area contributed by atoms with Gasteiger partial charge in [-0.25, -0.2) is 0 Å². The zero-order chi connectivity index (χ0) is 11.1. The van der Waals surface area contributed by atoms with E-state index in [1.807, 2.05) is 6.26 Å². The lowest BCUT2D eigenvalue weighted by molar-refractivity contribution is 0.317. The maximum atomic E-state index is 8.32. The number of hydrogen-bond acceptors (Lipinski definition) is 7. The second-order valence-electron chi connectivity index (χ2n) is 2.58. The fraction of sp³-hybridized carbons (Fsp3) is 0.571. The van der Waals surface area contributed by atoms with Gasteiger partial charge in [-0.1, -0.05) is 40.0 Å². The first-order valence-electron chi connectivity index (χ1n) is 4.23. The predicted octanol–water partition coefficient (Wildman–Crippen LogP) is 1.88. The van der Waals surface area contributed by atoms with E-state index < -0.39 is 0 Å². The maximum Gasteiger partial charge on any atom is 0.175 e. The fourth-order valence-electron chi connectivity index (χ4n) is 0.801. The van der Waals surface area contributed by atoms with E-state index in [1.54, 1.807) is 34.9 Å². The summed E-state index contributed by atoms with van der Waals surface area (Å²) in [6.07, 6.45) is 3.46. The molecule has 1 heterocycles. The molecule has 1 aromatic heterocycles. The molecule has 15 heavy (non-hydrogen) atoms. The largest absolute Gasteiger partial charge is 0.409 e. The number of thioether (sulfide) groups is 2. The van der Waals surface area contributed by atoms with E-state index in [4.69, 9.17) is 10.9 Å². The first kappa shape index (κ1) is 12.6. The van der Waals surface area contributed by atoms with Crippen molar-refractivity contribution in [2.45, 2.75) is 21.5 Å². The Morgan fingerprint density at radius 3 is 2.87 bits per heavy atom. The Balaban J connectivity index is 2.20. The molecule has 0 amide bonds. The van der Waals surface area contributed by atoms with Crippen LogP contribution in [-0.4, -0.2) is 33.2 Å². The summed E-state index contributed by atoms with van der Waals surface area (Å²) < 4.78 is 1.95. The average Bonchev–Trinajstić information content (AvgIpc) is 2.72. The maximum absolute atomic E-state index is 8.32. The van der Waals surface area contributed by atoms with Crippen molar-refractivity contribution in [3.05, 3.63) is 0 Å². The molecule has 0 aliphatic heterocycles. The highest BCUT2D eigenvalue weighted by Gasteiger charge is 2.03. The number of rotatable bonds is 6. The van der Waals surface area contributed by atoms with Gasteiger partial charge in [-0.15, -0.1) is 10.2 Å². The summed E-state index contributed by atoms with van der Waals surface area (Å²) in [4.78, 5) is 0. The van der Waals surface area contributed by atoms with Gasteiger partial charge in [0.2, 0.25) is 0 Å². The molecular weight excluding hydrogens is 252 g/mol. The number of nitrogens with zero attached hydrogens (tertiary/aromatic N) is 3. The summed E-state index contributed by atoms with van der Waals surface area (Å²) in [5.74, 6) is 1.18. The van der Waals surface area contributed by atoms with E-state index in [2.05, 4.69) is 15.4 Å². The Bertz CT molecular complexity index is 328. The van der Waals surface area contributed by atoms with Crippen molar-refractivity contribution in [3.63, 3.8) is 0 Å². The van der Waals surface area contributed by atoms with Gasteiger partial charge >= 0.3 is 0 Å². The zero-order valence-corrected chi connectivity index (χ0v) is 10.7. The summed E-state index contributed by atoms with van der Waals surface area (Å²) in [5, 5.41) is 19.2. The van der Waals surface area contributed by atoms with Crippen molar-refractivity contribution in [3.8, 4) is 0 Å². The smallest absolute Gasteiger partial charge is 0.175 e. The molecule has 0 bridgehead atoms. The third-order valence-electron chi connectivity index (χ3n) is 1.49. The minimum absolute atomic E-state index is 0.276. The van der Waals surface area contributed by atoms with Crippen LogP contribution in [0, 0.1) is 0 Å². The molecule has 0 unspecified atom stereocenters. The topological polar surface area (TPSA) is 84.4 Å². The molecule has 0 aliphatic carbocycles. The molecule has 0 aliphatic rings. The van der Waals surface area contributed by atoms with Crippen LogP contribution in [0.2, 0.25) is 0 Å². The molecule has 0 aromatic carbocycles. The lowest BCUT2D eigenvalue weighted by Crippen LogP contribution is -2.11. The SMILES string of the molecule is CSc1nnc(SCCCC(N)=NO)s1. The van der Waals surface area contributed by atoms with Gasteiger partial charge in [-0.2, -0.15) is 0 Å². The Morgan fingerprint density at radius 2 is 2.27 bits per heavy atom. The standard InChI is InChI=1S/C7H12N4OS3/c1-13-6-9-10-7(15-6)14-4-2-3-5(8)11-12/h12H,2-4H2,1H3,(H2,8,11). The van der Waals surface area contributed by atoms with Crippen LogP contribution in [0.5, 0.6) is 0 Å². The molecular formula is C7H12N4OS3. The van der Waals surface area contributed by atoms with Crippen molar-refractivity contribution in [2.24, 2.45) is 10.9 Å². The summed E-state index contributed by atoms with van der Waals surface area (Å²) in [5.41, 5.74) is 5.34. The van der Waals surface area contributed by atoms with Crippen LogP contribution in [0.1, 0.15) is 12.8 Å². The van der Waals surface area contributed by atoms with Gasteiger partial charge in [0.1, 0.15) is 5.84 Å². The van der Waals surface area contributed by atoms with Gasteiger partial charge < -0.3 is 10.9 Å². The summed E-state index contributed by atoms with van der Waals surface area (Å²) in [6.45, 7) is 0. The molecule has 0 atom stereocenters. The molecule has 0 saturated carbocycles. The number of hydrogen-bond donors (Lipinski definition) is 2.